The molecule has 0 aromatic rings. The number of carbonyl (C=O) groups excluding carboxylic acids is 1. The number of allylic oxidation sites excluding steroid dienone is 1. The molecule has 0 bridgehead atoms. The molecule has 38 heavy (non-hydrogen) atoms. The molecular weight excluding hydrogens is 484 g/mol. The van der Waals surface area contributed by atoms with Crippen molar-refractivity contribution < 1.29 is 34.7 Å². The van der Waals surface area contributed by atoms with Crippen LogP contribution >= 0.6 is 0 Å². The van der Waals surface area contributed by atoms with Gasteiger partial charge in [-0.3, -0.25) is 4.79 Å². The molecule has 7 nitrogen and oxygen atoms in total. The largest absolute Gasteiger partial charge is 0.390 e. The van der Waals surface area contributed by atoms with Gasteiger partial charge in [0.1, 0.15) is 0 Å². The molecule has 11 atom stereocenters. The molecule has 0 amide bonds. The summed E-state index contributed by atoms with van der Waals surface area (Å²) in [5, 5.41) is 44.2. The van der Waals surface area contributed by atoms with Crippen molar-refractivity contribution in [3.8, 4) is 0 Å². The van der Waals surface area contributed by atoms with Crippen molar-refractivity contribution in [3.63, 3.8) is 0 Å². The Morgan fingerprint density at radius 3 is 2.34 bits per heavy atom. The molecule has 1 saturated heterocycles. The summed E-state index contributed by atoms with van der Waals surface area (Å²) in [6.07, 6.45) is 3.87. The second kappa shape index (κ2) is 8.59. The standard InChI is InChI=1S/C31H50O7/c1-17(26(2,3)35)13-25-30(8,38-27(4,5)37-25)24-10-12-31(36)19-14-21(32)20-15-22(33)23(34)16-28(20,6)18(19)9-11-29(24,31)7/h14,17-18,20,22-25,33-36H,9-13,15-16H2,1-8H3/t17-,18+,20+,22-,23+,24+,25-,28-,29-,30-,31-/m1/s1. The summed E-state index contributed by atoms with van der Waals surface area (Å²) in [7, 11) is 0. The van der Waals surface area contributed by atoms with Crippen molar-refractivity contribution >= 4 is 5.78 Å². The highest BCUT2D eigenvalue weighted by molar-refractivity contribution is 5.95. The third-order valence-corrected chi connectivity index (χ3v) is 12.1. The van der Waals surface area contributed by atoms with E-state index < -0.39 is 45.6 Å². The Labute approximate surface area is 228 Å². The number of aliphatic hydroxyl groups is 4. The minimum absolute atomic E-state index is 0.0120. The minimum atomic E-state index is -1.16. The van der Waals surface area contributed by atoms with Crippen molar-refractivity contribution in [2.75, 3.05) is 0 Å². The summed E-state index contributed by atoms with van der Waals surface area (Å²) in [5.74, 6) is -1.20. The maximum Gasteiger partial charge on any atom is 0.164 e. The first-order chi connectivity index (χ1) is 17.3. The van der Waals surface area contributed by atoms with Crippen LogP contribution in [0.15, 0.2) is 11.6 Å². The van der Waals surface area contributed by atoms with E-state index in [1.54, 1.807) is 6.08 Å². The molecule has 0 unspecified atom stereocenters. The third kappa shape index (κ3) is 3.93. The van der Waals surface area contributed by atoms with E-state index in [-0.39, 0.29) is 42.0 Å². The van der Waals surface area contributed by atoms with E-state index in [2.05, 4.69) is 20.8 Å². The normalized spacial score (nSPS) is 51.2. The molecule has 4 N–H and O–H groups in total. The van der Waals surface area contributed by atoms with Crippen LogP contribution in [0.3, 0.4) is 0 Å². The van der Waals surface area contributed by atoms with Crippen LogP contribution in [0.25, 0.3) is 0 Å². The van der Waals surface area contributed by atoms with Gasteiger partial charge in [0.2, 0.25) is 0 Å². The van der Waals surface area contributed by atoms with Crippen molar-refractivity contribution in [2.45, 2.75) is 141 Å². The molecule has 216 valence electrons. The second-order valence-corrected chi connectivity index (χ2v) is 15.2. The fourth-order valence-corrected chi connectivity index (χ4v) is 9.56. The molecule has 0 aromatic carbocycles. The van der Waals surface area contributed by atoms with Gasteiger partial charge in [-0.2, -0.15) is 0 Å². The summed E-state index contributed by atoms with van der Waals surface area (Å²) >= 11 is 0. The van der Waals surface area contributed by atoms with E-state index in [0.29, 0.717) is 19.3 Å². The highest BCUT2D eigenvalue weighted by Gasteiger charge is 2.71. The molecule has 5 rings (SSSR count). The van der Waals surface area contributed by atoms with Gasteiger partial charge < -0.3 is 29.9 Å². The molecule has 7 heteroatoms. The van der Waals surface area contributed by atoms with Gasteiger partial charge in [0.05, 0.1) is 35.1 Å². The van der Waals surface area contributed by atoms with Crippen LogP contribution in [0, 0.1) is 34.5 Å². The number of carbonyl (C=O) groups is 1. The van der Waals surface area contributed by atoms with Crippen LogP contribution < -0.4 is 0 Å². The number of rotatable bonds is 4. The topological polar surface area (TPSA) is 116 Å². The lowest BCUT2D eigenvalue weighted by Gasteiger charge is -2.60. The average Bonchev–Trinajstić information content (AvgIpc) is 3.19. The van der Waals surface area contributed by atoms with Gasteiger partial charge in [0.25, 0.3) is 0 Å². The van der Waals surface area contributed by atoms with E-state index in [9.17, 15) is 25.2 Å². The van der Waals surface area contributed by atoms with Crippen LogP contribution in [0.2, 0.25) is 0 Å². The summed E-state index contributed by atoms with van der Waals surface area (Å²) < 4.78 is 13.2. The molecule has 1 heterocycles. The highest BCUT2D eigenvalue weighted by atomic mass is 16.8. The second-order valence-electron chi connectivity index (χ2n) is 15.2. The Bertz CT molecular complexity index is 1010. The molecule has 5 aliphatic rings. The van der Waals surface area contributed by atoms with Crippen LogP contribution in [-0.2, 0) is 14.3 Å². The van der Waals surface area contributed by atoms with Crippen molar-refractivity contribution in [3.05, 3.63) is 11.6 Å². The Balaban J connectivity index is 1.51. The first-order valence-electron chi connectivity index (χ1n) is 14.7. The number of hydrogen-bond acceptors (Lipinski definition) is 7. The number of fused-ring (bicyclic) bond motifs is 5. The molecule has 1 aliphatic heterocycles. The predicted molar refractivity (Wildman–Crippen MR) is 143 cm³/mol. The maximum atomic E-state index is 13.5. The highest BCUT2D eigenvalue weighted by Crippen LogP contribution is 2.70. The quantitative estimate of drug-likeness (QED) is 0.432. The lowest BCUT2D eigenvalue weighted by Crippen LogP contribution is -2.62. The van der Waals surface area contributed by atoms with Crippen molar-refractivity contribution in [1.29, 1.82) is 0 Å². The monoisotopic (exact) mass is 534 g/mol. The Kier molecular flexibility index (Phi) is 6.49. The van der Waals surface area contributed by atoms with Gasteiger partial charge in [0.15, 0.2) is 11.6 Å². The SMILES string of the molecule is C[C@H](C[C@H]1OC(C)(C)O[C@]1(C)[C@H]1CC[C@@]2(O)C3=CC(=O)[C@@H]4C[C@@H](O)[C@@H](O)C[C@]4(C)[C@H]3CC[C@]12C)C(C)(C)O. The molecule has 0 aromatic heterocycles. The van der Waals surface area contributed by atoms with Gasteiger partial charge >= 0.3 is 0 Å². The van der Waals surface area contributed by atoms with Crippen LogP contribution in [0.4, 0.5) is 0 Å². The summed E-state index contributed by atoms with van der Waals surface area (Å²) in [4.78, 5) is 13.5. The van der Waals surface area contributed by atoms with E-state index >= 15 is 0 Å². The Morgan fingerprint density at radius 1 is 1.05 bits per heavy atom. The Hall–Kier alpha value is -0.830. The first-order valence-corrected chi connectivity index (χ1v) is 14.7. The Morgan fingerprint density at radius 2 is 1.71 bits per heavy atom. The molecule has 3 saturated carbocycles. The first kappa shape index (κ1) is 28.7. The van der Waals surface area contributed by atoms with E-state index in [0.717, 1.165) is 24.8 Å². The number of ketones is 1. The van der Waals surface area contributed by atoms with Gasteiger partial charge in [-0.1, -0.05) is 20.8 Å². The smallest absolute Gasteiger partial charge is 0.164 e. The fraction of sp³-hybridized carbons (Fsp3) is 0.903. The fourth-order valence-electron chi connectivity index (χ4n) is 9.56. The van der Waals surface area contributed by atoms with Gasteiger partial charge in [-0.05, 0) is 114 Å². The van der Waals surface area contributed by atoms with Crippen LogP contribution in [-0.4, -0.2) is 67.1 Å². The zero-order chi connectivity index (χ0) is 28.3. The van der Waals surface area contributed by atoms with Crippen molar-refractivity contribution in [1.82, 2.24) is 0 Å². The van der Waals surface area contributed by atoms with E-state index in [1.165, 1.54) is 0 Å². The lowest BCUT2D eigenvalue weighted by molar-refractivity contribution is -0.191. The summed E-state index contributed by atoms with van der Waals surface area (Å²) in [6.45, 7) is 15.9. The lowest BCUT2D eigenvalue weighted by atomic mass is 9.45. The minimum Gasteiger partial charge on any atom is -0.390 e. The zero-order valence-electron chi connectivity index (χ0n) is 24.6. The van der Waals surface area contributed by atoms with Gasteiger partial charge in [0, 0.05) is 11.3 Å². The molecular formula is C31H50O7. The molecule has 4 aliphatic carbocycles. The van der Waals surface area contributed by atoms with Gasteiger partial charge in [-0.15, -0.1) is 0 Å². The van der Waals surface area contributed by atoms with Crippen molar-refractivity contribution in [2.24, 2.45) is 34.5 Å². The number of hydrogen-bond donors (Lipinski definition) is 4. The summed E-state index contributed by atoms with van der Waals surface area (Å²) in [6, 6.07) is 0. The van der Waals surface area contributed by atoms with Crippen LogP contribution in [0.5, 0.6) is 0 Å². The van der Waals surface area contributed by atoms with Crippen LogP contribution in [0.1, 0.15) is 100 Å². The molecule has 0 spiro atoms. The van der Waals surface area contributed by atoms with Gasteiger partial charge in [-0.25, -0.2) is 0 Å². The van der Waals surface area contributed by atoms with E-state index in [4.69, 9.17) is 9.47 Å². The number of aliphatic hydroxyl groups excluding tert-OH is 2. The maximum absolute atomic E-state index is 13.5. The third-order valence-electron chi connectivity index (χ3n) is 12.1. The van der Waals surface area contributed by atoms with E-state index in [1.807, 2.05) is 34.6 Å². The molecule has 4 fully saturated rings. The molecule has 0 radical (unpaired) electrons. The average molecular weight is 535 g/mol. The predicted octanol–water partition coefficient (Wildman–Crippen LogP) is 3.90. The number of ether oxygens (including phenoxy) is 2. The zero-order valence-corrected chi connectivity index (χ0v) is 24.6. The summed E-state index contributed by atoms with van der Waals surface area (Å²) in [5.41, 5.74) is -2.88.